The highest BCUT2D eigenvalue weighted by Gasteiger charge is 2.14. The molecule has 1 atom stereocenters. The highest BCUT2D eigenvalue weighted by Crippen LogP contribution is 2.17. The number of hydrogen-bond acceptors (Lipinski definition) is 3. The van der Waals surface area contributed by atoms with Crippen LogP contribution in [-0.2, 0) is 4.79 Å². The minimum atomic E-state index is -0.551. The number of halogens is 1. The van der Waals surface area contributed by atoms with E-state index in [1.165, 1.54) is 6.07 Å². The molecule has 0 saturated carbocycles. The first kappa shape index (κ1) is 14.0. The zero-order valence-electron chi connectivity index (χ0n) is 10.00. The summed E-state index contributed by atoms with van der Waals surface area (Å²) in [5.74, 6) is 0.227. The molecule has 1 aromatic carbocycles. The molecule has 0 heterocycles. The molecule has 0 aliphatic carbocycles. The molecule has 0 spiro atoms. The third-order valence-corrected chi connectivity index (χ3v) is 3.14. The molecule has 0 unspecified atom stereocenters. The summed E-state index contributed by atoms with van der Waals surface area (Å²) in [6, 6.07) is 4.03. The van der Waals surface area contributed by atoms with E-state index in [0.29, 0.717) is 17.7 Å². The van der Waals surface area contributed by atoms with Crippen LogP contribution in [0.25, 0.3) is 0 Å². The van der Waals surface area contributed by atoms with Crippen molar-refractivity contribution in [1.82, 2.24) is 0 Å². The van der Waals surface area contributed by atoms with Crippen molar-refractivity contribution in [2.45, 2.75) is 19.4 Å². The van der Waals surface area contributed by atoms with Gasteiger partial charge in [-0.25, -0.2) is 4.39 Å². The highest BCUT2D eigenvalue weighted by atomic mass is 32.2. The molecule has 94 valence electrons. The second-order valence-corrected chi connectivity index (χ2v) is 4.78. The van der Waals surface area contributed by atoms with Crippen LogP contribution in [0.2, 0.25) is 0 Å². The summed E-state index contributed by atoms with van der Waals surface area (Å²) < 4.78 is 13.2. The molecule has 0 radical (unpaired) electrons. The molecule has 0 saturated heterocycles. The van der Waals surface area contributed by atoms with E-state index in [1.54, 1.807) is 30.8 Å². The minimum absolute atomic E-state index is 0.271. The Hall–Kier alpha value is -1.07. The van der Waals surface area contributed by atoms with Crippen LogP contribution >= 0.6 is 11.8 Å². The molecule has 1 aromatic rings. The Bertz CT molecular complexity index is 398. The van der Waals surface area contributed by atoms with E-state index in [1.807, 2.05) is 6.26 Å². The molecule has 0 fully saturated rings. The average Bonchev–Trinajstić information content (AvgIpc) is 2.31. The van der Waals surface area contributed by atoms with Gasteiger partial charge in [-0.05, 0) is 37.5 Å². The van der Waals surface area contributed by atoms with Gasteiger partial charge in [-0.15, -0.1) is 0 Å². The van der Waals surface area contributed by atoms with Gasteiger partial charge in [0, 0.05) is 11.3 Å². The quantitative estimate of drug-likeness (QED) is 0.848. The fourth-order valence-electron chi connectivity index (χ4n) is 1.34. The van der Waals surface area contributed by atoms with Gasteiger partial charge in [0.05, 0.1) is 6.04 Å². The van der Waals surface area contributed by atoms with Crippen LogP contribution in [0.5, 0.6) is 0 Å². The second kappa shape index (κ2) is 6.61. The SMILES string of the molecule is CSCC[C@@H](N)C(=O)Nc1cccc(F)c1C. The van der Waals surface area contributed by atoms with Crippen LogP contribution in [0.15, 0.2) is 18.2 Å². The lowest BCUT2D eigenvalue weighted by atomic mass is 10.1. The van der Waals surface area contributed by atoms with Crippen molar-refractivity contribution >= 4 is 23.4 Å². The number of carbonyl (C=O) groups excluding carboxylic acids is 1. The summed E-state index contributed by atoms with van der Waals surface area (Å²) in [4.78, 5) is 11.7. The van der Waals surface area contributed by atoms with E-state index in [2.05, 4.69) is 5.32 Å². The van der Waals surface area contributed by atoms with Crippen LogP contribution in [-0.4, -0.2) is 24.0 Å². The first-order chi connectivity index (χ1) is 8.06. The lowest BCUT2D eigenvalue weighted by Crippen LogP contribution is -2.36. The largest absolute Gasteiger partial charge is 0.324 e. The van der Waals surface area contributed by atoms with Gasteiger partial charge in [0.25, 0.3) is 0 Å². The predicted octanol–water partition coefficient (Wildman–Crippen LogP) is 2.15. The van der Waals surface area contributed by atoms with Gasteiger partial charge in [-0.1, -0.05) is 6.07 Å². The smallest absolute Gasteiger partial charge is 0.241 e. The molecule has 5 heteroatoms. The number of nitrogens with two attached hydrogens (primary N) is 1. The van der Waals surface area contributed by atoms with Crippen LogP contribution in [0, 0.1) is 12.7 Å². The van der Waals surface area contributed by atoms with Crippen molar-refractivity contribution < 1.29 is 9.18 Å². The lowest BCUT2D eigenvalue weighted by Gasteiger charge is -2.13. The Morgan fingerprint density at radius 1 is 1.59 bits per heavy atom. The van der Waals surface area contributed by atoms with E-state index in [9.17, 15) is 9.18 Å². The zero-order chi connectivity index (χ0) is 12.8. The monoisotopic (exact) mass is 256 g/mol. The van der Waals surface area contributed by atoms with Gasteiger partial charge in [0.1, 0.15) is 5.82 Å². The molecule has 0 bridgehead atoms. The Kier molecular flexibility index (Phi) is 5.44. The molecule has 1 rings (SSSR count). The van der Waals surface area contributed by atoms with E-state index in [-0.39, 0.29) is 11.7 Å². The molecule has 1 amide bonds. The van der Waals surface area contributed by atoms with E-state index >= 15 is 0 Å². The molecular formula is C12H17FN2OS. The molecule has 3 N–H and O–H groups in total. The fraction of sp³-hybridized carbons (Fsp3) is 0.417. The first-order valence-corrected chi connectivity index (χ1v) is 6.76. The standard InChI is InChI=1S/C12H17FN2OS/c1-8-9(13)4-3-5-11(8)15-12(16)10(14)6-7-17-2/h3-5,10H,6-7,14H2,1-2H3,(H,15,16)/t10-/m1/s1. The number of anilines is 1. The van der Waals surface area contributed by atoms with Crippen molar-refractivity contribution in [2.24, 2.45) is 5.73 Å². The summed E-state index contributed by atoms with van der Waals surface area (Å²) in [5.41, 5.74) is 6.63. The zero-order valence-corrected chi connectivity index (χ0v) is 10.8. The fourth-order valence-corrected chi connectivity index (χ4v) is 1.83. The molecule has 0 aliphatic rings. The average molecular weight is 256 g/mol. The number of thioether (sulfide) groups is 1. The predicted molar refractivity (Wildman–Crippen MR) is 70.7 cm³/mol. The van der Waals surface area contributed by atoms with Crippen LogP contribution in [0.1, 0.15) is 12.0 Å². The number of benzene rings is 1. The second-order valence-electron chi connectivity index (χ2n) is 3.79. The summed E-state index contributed by atoms with van der Waals surface area (Å²) in [6.45, 7) is 1.62. The topological polar surface area (TPSA) is 55.1 Å². The van der Waals surface area contributed by atoms with Crippen LogP contribution in [0.4, 0.5) is 10.1 Å². The maximum Gasteiger partial charge on any atom is 0.241 e. The minimum Gasteiger partial charge on any atom is -0.324 e. The van der Waals surface area contributed by atoms with Gasteiger partial charge in [0.15, 0.2) is 0 Å². The molecule has 17 heavy (non-hydrogen) atoms. The van der Waals surface area contributed by atoms with Gasteiger partial charge < -0.3 is 11.1 Å². The Balaban J connectivity index is 2.64. The Labute approximate surface area is 105 Å². The Morgan fingerprint density at radius 3 is 2.94 bits per heavy atom. The summed E-state index contributed by atoms with van der Waals surface area (Å²) >= 11 is 1.64. The number of carbonyl (C=O) groups is 1. The van der Waals surface area contributed by atoms with Crippen molar-refractivity contribution in [1.29, 1.82) is 0 Å². The van der Waals surface area contributed by atoms with Gasteiger partial charge >= 0.3 is 0 Å². The third-order valence-electron chi connectivity index (χ3n) is 2.50. The molecule has 0 aliphatic heterocycles. The van der Waals surface area contributed by atoms with Crippen molar-refractivity contribution in [3.63, 3.8) is 0 Å². The van der Waals surface area contributed by atoms with Gasteiger partial charge in [0.2, 0.25) is 5.91 Å². The Morgan fingerprint density at radius 2 is 2.29 bits per heavy atom. The molecule has 3 nitrogen and oxygen atoms in total. The van der Waals surface area contributed by atoms with Crippen LogP contribution < -0.4 is 11.1 Å². The third kappa shape index (κ3) is 4.02. The van der Waals surface area contributed by atoms with Crippen molar-refractivity contribution in [3.8, 4) is 0 Å². The summed E-state index contributed by atoms with van der Waals surface area (Å²) in [6.07, 6.45) is 2.57. The summed E-state index contributed by atoms with van der Waals surface area (Å²) in [5, 5.41) is 2.65. The summed E-state index contributed by atoms with van der Waals surface area (Å²) in [7, 11) is 0. The molecular weight excluding hydrogens is 239 g/mol. The van der Waals surface area contributed by atoms with E-state index in [4.69, 9.17) is 5.73 Å². The normalized spacial score (nSPS) is 12.2. The van der Waals surface area contributed by atoms with Gasteiger partial charge in [-0.3, -0.25) is 4.79 Å². The maximum absolute atomic E-state index is 13.2. The van der Waals surface area contributed by atoms with E-state index in [0.717, 1.165) is 5.75 Å². The number of hydrogen-bond donors (Lipinski definition) is 2. The van der Waals surface area contributed by atoms with Crippen molar-refractivity contribution in [2.75, 3.05) is 17.3 Å². The molecule has 0 aromatic heterocycles. The van der Waals surface area contributed by atoms with Crippen LogP contribution in [0.3, 0.4) is 0 Å². The number of rotatable bonds is 5. The first-order valence-electron chi connectivity index (χ1n) is 5.36. The van der Waals surface area contributed by atoms with Gasteiger partial charge in [-0.2, -0.15) is 11.8 Å². The maximum atomic E-state index is 13.2. The lowest BCUT2D eigenvalue weighted by molar-refractivity contribution is -0.117. The van der Waals surface area contributed by atoms with Crippen molar-refractivity contribution in [3.05, 3.63) is 29.6 Å². The number of amides is 1. The number of nitrogens with one attached hydrogen (secondary N) is 1. The highest BCUT2D eigenvalue weighted by molar-refractivity contribution is 7.98. The van der Waals surface area contributed by atoms with E-state index < -0.39 is 6.04 Å².